The zero-order valence-electron chi connectivity index (χ0n) is 19.3. The number of likely N-dealkylation sites (N-methyl/N-ethyl adjacent to an activating group) is 1. The number of amides is 2. The van der Waals surface area contributed by atoms with E-state index in [1.165, 1.54) is 11.8 Å². The Kier molecular flexibility index (Phi) is 11.0. The van der Waals surface area contributed by atoms with E-state index < -0.39 is 6.04 Å². The van der Waals surface area contributed by atoms with Crippen molar-refractivity contribution >= 4 is 62.7 Å². The van der Waals surface area contributed by atoms with Gasteiger partial charge in [-0.2, -0.15) is 0 Å². The lowest BCUT2D eigenvalue weighted by atomic mass is 10.0. The standard InChI is InChI=1S/C27H27BrCl2N2O2S/c1-2-31-27(34)25(14-19-7-4-3-5-8-19)32(16-20-9-6-10-22(28)13-20)26(33)18-35-17-21-11-12-23(29)15-24(21)30/h3-13,15,25H,2,14,16-18H2,1H3,(H,31,34). The molecule has 0 radical (unpaired) electrons. The number of nitrogens with one attached hydrogen (secondary N) is 1. The van der Waals surface area contributed by atoms with E-state index in [9.17, 15) is 9.59 Å². The first-order valence-electron chi connectivity index (χ1n) is 11.2. The van der Waals surface area contributed by atoms with E-state index >= 15 is 0 Å². The Hall–Kier alpha value is -1.99. The Bertz CT molecular complexity index is 1150. The van der Waals surface area contributed by atoms with Gasteiger partial charge in [0, 0.05) is 39.8 Å². The highest BCUT2D eigenvalue weighted by Crippen LogP contribution is 2.25. The van der Waals surface area contributed by atoms with E-state index in [0.29, 0.717) is 35.3 Å². The average molecular weight is 594 g/mol. The number of carbonyl (C=O) groups is 2. The highest BCUT2D eigenvalue weighted by atomic mass is 79.9. The molecule has 0 saturated carbocycles. The Morgan fingerprint density at radius 1 is 1.00 bits per heavy atom. The van der Waals surface area contributed by atoms with Crippen LogP contribution >= 0.6 is 50.9 Å². The number of carbonyl (C=O) groups excluding carboxylic acids is 2. The van der Waals surface area contributed by atoms with Crippen LogP contribution in [0.2, 0.25) is 10.0 Å². The molecule has 35 heavy (non-hydrogen) atoms. The van der Waals surface area contributed by atoms with E-state index in [1.807, 2.05) is 67.6 Å². The zero-order chi connectivity index (χ0) is 25.2. The van der Waals surface area contributed by atoms with E-state index in [-0.39, 0.29) is 17.6 Å². The molecule has 3 aromatic rings. The van der Waals surface area contributed by atoms with Gasteiger partial charge in [0.05, 0.1) is 5.75 Å². The molecule has 184 valence electrons. The van der Waals surface area contributed by atoms with Gasteiger partial charge in [0.1, 0.15) is 6.04 Å². The quantitative estimate of drug-likeness (QED) is 0.267. The number of hydrogen-bond acceptors (Lipinski definition) is 3. The van der Waals surface area contributed by atoms with Gasteiger partial charge in [0.2, 0.25) is 11.8 Å². The van der Waals surface area contributed by atoms with Crippen LogP contribution in [0.15, 0.2) is 77.3 Å². The molecule has 1 N–H and O–H groups in total. The summed E-state index contributed by atoms with van der Waals surface area (Å²) in [6, 6.07) is 22.3. The SMILES string of the molecule is CCNC(=O)C(Cc1ccccc1)N(Cc1cccc(Br)c1)C(=O)CSCc1ccc(Cl)cc1Cl. The van der Waals surface area contributed by atoms with Gasteiger partial charge >= 0.3 is 0 Å². The number of benzene rings is 3. The number of rotatable bonds is 11. The molecule has 4 nitrogen and oxygen atoms in total. The van der Waals surface area contributed by atoms with Crippen LogP contribution in [-0.2, 0) is 28.3 Å². The van der Waals surface area contributed by atoms with E-state index in [1.54, 1.807) is 17.0 Å². The van der Waals surface area contributed by atoms with Gasteiger partial charge in [-0.05, 0) is 47.9 Å². The molecule has 0 aliphatic heterocycles. The van der Waals surface area contributed by atoms with Crippen LogP contribution in [0.3, 0.4) is 0 Å². The van der Waals surface area contributed by atoms with Gasteiger partial charge in [-0.3, -0.25) is 9.59 Å². The first kappa shape index (κ1) is 27.6. The molecule has 3 rings (SSSR count). The lowest BCUT2D eigenvalue weighted by molar-refractivity contribution is -0.139. The summed E-state index contributed by atoms with van der Waals surface area (Å²) in [6.07, 6.45) is 0.431. The van der Waals surface area contributed by atoms with E-state index in [4.69, 9.17) is 23.2 Å². The molecule has 0 bridgehead atoms. The smallest absolute Gasteiger partial charge is 0.243 e. The summed E-state index contributed by atoms with van der Waals surface area (Å²) < 4.78 is 0.923. The topological polar surface area (TPSA) is 49.4 Å². The second kappa shape index (κ2) is 13.9. The molecule has 1 atom stereocenters. The summed E-state index contributed by atoms with van der Waals surface area (Å²) in [5.41, 5.74) is 2.86. The largest absolute Gasteiger partial charge is 0.355 e. The van der Waals surface area contributed by atoms with Crippen LogP contribution in [0, 0.1) is 0 Å². The lowest BCUT2D eigenvalue weighted by Crippen LogP contribution is -2.51. The second-order valence-corrected chi connectivity index (χ2v) is 10.7. The molecule has 2 amide bonds. The Balaban J connectivity index is 1.83. The molecule has 3 aromatic carbocycles. The predicted molar refractivity (Wildman–Crippen MR) is 150 cm³/mol. The molecular weight excluding hydrogens is 567 g/mol. The fraction of sp³-hybridized carbons (Fsp3) is 0.259. The van der Waals surface area contributed by atoms with Gasteiger partial charge in [-0.15, -0.1) is 11.8 Å². The maximum atomic E-state index is 13.6. The molecular formula is C27H27BrCl2N2O2S. The zero-order valence-corrected chi connectivity index (χ0v) is 23.3. The van der Waals surface area contributed by atoms with Crippen LogP contribution < -0.4 is 5.32 Å². The van der Waals surface area contributed by atoms with Gasteiger partial charge in [-0.25, -0.2) is 0 Å². The molecule has 0 heterocycles. The molecule has 0 fully saturated rings. The minimum absolute atomic E-state index is 0.104. The molecule has 1 unspecified atom stereocenters. The van der Waals surface area contributed by atoms with Crippen molar-refractivity contribution in [1.29, 1.82) is 0 Å². The summed E-state index contributed by atoms with van der Waals surface area (Å²) in [6.45, 7) is 2.70. The predicted octanol–water partition coefficient (Wildman–Crippen LogP) is 6.77. The summed E-state index contributed by atoms with van der Waals surface area (Å²) in [5.74, 6) is 0.520. The summed E-state index contributed by atoms with van der Waals surface area (Å²) in [5, 5.41) is 4.07. The molecule has 8 heteroatoms. The Labute approximate surface area is 229 Å². The summed E-state index contributed by atoms with van der Waals surface area (Å²) >= 11 is 17.3. The average Bonchev–Trinajstić information content (AvgIpc) is 2.83. The van der Waals surface area contributed by atoms with Gasteiger partial charge in [0.25, 0.3) is 0 Å². The van der Waals surface area contributed by atoms with Crippen LogP contribution in [0.1, 0.15) is 23.6 Å². The van der Waals surface area contributed by atoms with Crippen molar-refractivity contribution < 1.29 is 9.59 Å². The third-order valence-electron chi connectivity index (χ3n) is 5.36. The highest BCUT2D eigenvalue weighted by molar-refractivity contribution is 9.10. The van der Waals surface area contributed by atoms with Gasteiger partial charge in [0.15, 0.2) is 0 Å². The number of thioether (sulfide) groups is 1. The van der Waals surface area contributed by atoms with Gasteiger partial charge in [-0.1, -0.05) is 87.7 Å². The molecule has 0 aliphatic rings. The van der Waals surface area contributed by atoms with Crippen molar-refractivity contribution in [1.82, 2.24) is 10.2 Å². The fourth-order valence-corrected chi connectivity index (χ4v) is 5.56. The Morgan fingerprint density at radius 2 is 1.74 bits per heavy atom. The molecule has 0 saturated heterocycles. The minimum atomic E-state index is -0.636. The van der Waals surface area contributed by atoms with Crippen LogP contribution in [-0.4, -0.2) is 35.1 Å². The maximum absolute atomic E-state index is 13.6. The van der Waals surface area contributed by atoms with Crippen molar-refractivity contribution in [2.24, 2.45) is 0 Å². The fourth-order valence-electron chi connectivity index (χ4n) is 3.65. The maximum Gasteiger partial charge on any atom is 0.243 e. The number of nitrogens with zero attached hydrogens (tertiary/aromatic N) is 1. The van der Waals surface area contributed by atoms with Crippen molar-refractivity contribution in [3.05, 3.63) is 104 Å². The number of hydrogen-bond donors (Lipinski definition) is 1. The Morgan fingerprint density at radius 3 is 2.43 bits per heavy atom. The van der Waals surface area contributed by atoms with Crippen LogP contribution in [0.4, 0.5) is 0 Å². The van der Waals surface area contributed by atoms with Crippen LogP contribution in [0.5, 0.6) is 0 Å². The molecule has 0 aliphatic carbocycles. The highest BCUT2D eigenvalue weighted by Gasteiger charge is 2.30. The first-order valence-corrected chi connectivity index (χ1v) is 13.9. The van der Waals surface area contributed by atoms with Crippen molar-refractivity contribution in [3.63, 3.8) is 0 Å². The van der Waals surface area contributed by atoms with Crippen LogP contribution in [0.25, 0.3) is 0 Å². The van der Waals surface area contributed by atoms with E-state index in [2.05, 4.69) is 21.2 Å². The normalized spacial score (nSPS) is 11.7. The first-order chi connectivity index (χ1) is 16.9. The third-order valence-corrected chi connectivity index (χ3v) is 7.41. The van der Waals surface area contributed by atoms with Gasteiger partial charge < -0.3 is 10.2 Å². The third kappa shape index (κ3) is 8.57. The molecule has 0 aromatic heterocycles. The number of halogens is 3. The monoisotopic (exact) mass is 592 g/mol. The van der Waals surface area contributed by atoms with Crippen molar-refractivity contribution in [2.75, 3.05) is 12.3 Å². The minimum Gasteiger partial charge on any atom is -0.355 e. The lowest BCUT2D eigenvalue weighted by Gasteiger charge is -2.31. The summed E-state index contributed by atoms with van der Waals surface area (Å²) in [7, 11) is 0. The summed E-state index contributed by atoms with van der Waals surface area (Å²) in [4.78, 5) is 28.4. The van der Waals surface area contributed by atoms with Crippen molar-refractivity contribution in [3.8, 4) is 0 Å². The van der Waals surface area contributed by atoms with E-state index in [0.717, 1.165) is 21.2 Å². The molecule has 0 spiro atoms. The van der Waals surface area contributed by atoms with Crippen molar-refractivity contribution in [2.45, 2.75) is 31.7 Å². The second-order valence-electron chi connectivity index (χ2n) is 7.98.